The highest BCUT2D eigenvalue weighted by molar-refractivity contribution is 5.70. The van der Waals surface area contributed by atoms with E-state index >= 15 is 0 Å². The summed E-state index contributed by atoms with van der Waals surface area (Å²) in [7, 11) is 0. The largest absolute Gasteiger partial charge is 0.462 e. The molecule has 0 spiro atoms. The van der Waals surface area contributed by atoms with Gasteiger partial charge in [-0.1, -0.05) is 227 Å². The lowest BCUT2D eigenvalue weighted by Gasteiger charge is -2.18. The Kier molecular flexibility index (Phi) is 51.5. The van der Waals surface area contributed by atoms with Crippen LogP contribution in [0.5, 0.6) is 0 Å². The molecule has 0 heterocycles. The maximum Gasteiger partial charge on any atom is 0.306 e. The lowest BCUT2D eigenvalue weighted by atomic mass is 10.0. The second kappa shape index (κ2) is 54.2. The molecular weight excluding hydrogens is 789 g/mol. The molecule has 0 aromatic rings. The molecule has 5 heteroatoms. The molecule has 0 radical (unpaired) electrons. The van der Waals surface area contributed by atoms with Crippen molar-refractivity contribution < 1.29 is 23.8 Å². The number of carbonyl (C=O) groups excluding carboxylic acids is 2. The van der Waals surface area contributed by atoms with Crippen LogP contribution >= 0.6 is 0 Å². The summed E-state index contributed by atoms with van der Waals surface area (Å²) in [4.78, 5) is 25.4. The van der Waals surface area contributed by atoms with Crippen molar-refractivity contribution in [3.8, 4) is 0 Å². The van der Waals surface area contributed by atoms with Gasteiger partial charge in [0.2, 0.25) is 0 Å². The van der Waals surface area contributed by atoms with Crippen molar-refractivity contribution in [3.63, 3.8) is 0 Å². The Bertz CT molecular complexity index is 1230. The minimum absolute atomic E-state index is 0.0581. The van der Waals surface area contributed by atoms with Crippen molar-refractivity contribution in [1.82, 2.24) is 0 Å². The topological polar surface area (TPSA) is 61.8 Å². The van der Waals surface area contributed by atoms with E-state index in [1.54, 1.807) is 0 Å². The molecule has 366 valence electrons. The zero-order chi connectivity index (χ0) is 46.3. The first-order valence-corrected chi connectivity index (χ1v) is 26.8. The highest BCUT2D eigenvalue weighted by Crippen LogP contribution is 2.14. The number of hydrogen-bond acceptors (Lipinski definition) is 5. The van der Waals surface area contributed by atoms with Gasteiger partial charge >= 0.3 is 11.9 Å². The summed E-state index contributed by atoms with van der Waals surface area (Å²) in [6, 6.07) is 0. The lowest BCUT2D eigenvalue weighted by molar-refractivity contribution is -0.163. The summed E-state index contributed by atoms with van der Waals surface area (Å²) in [6.45, 7) is 7.56. The number of unbranched alkanes of at least 4 members (excludes halogenated alkanes) is 21. The van der Waals surface area contributed by atoms with E-state index in [1.165, 1.54) is 89.9 Å². The van der Waals surface area contributed by atoms with E-state index in [-0.39, 0.29) is 25.2 Å². The maximum absolute atomic E-state index is 12.8. The summed E-state index contributed by atoms with van der Waals surface area (Å²) in [5, 5.41) is 0. The Balaban J connectivity index is 4.36. The van der Waals surface area contributed by atoms with E-state index in [4.69, 9.17) is 14.2 Å². The van der Waals surface area contributed by atoms with Crippen molar-refractivity contribution in [1.29, 1.82) is 0 Å². The standard InChI is InChI=1S/C59H100O5/c1-4-7-10-13-16-19-22-25-28-29-30-31-33-34-37-40-43-46-49-52-58(60)63-56-57(55-62-54-51-48-45-42-39-36-27-24-21-18-15-12-9-6-3)64-59(61)53-50-47-44-41-38-35-32-26-23-20-17-14-11-8-5-2/h7-8,10-11,16-17,19-20,25-26,28,30-32,34,37,57H,4-6,9,12-15,18,21-24,27,29,33,35-36,38-56H2,1-3H3/b10-7-,11-8-,19-16-,20-17-,28-25-,31-30-,32-26-,37-34-. The zero-order valence-electron chi connectivity index (χ0n) is 42.0. The molecule has 1 unspecified atom stereocenters. The third-order valence-electron chi connectivity index (χ3n) is 11.1. The van der Waals surface area contributed by atoms with Crippen LogP contribution in [-0.4, -0.2) is 37.9 Å². The van der Waals surface area contributed by atoms with Crippen LogP contribution < -0.4 is 0 Å². The van der Waals surface area contributed by atoms with Crippen molar-refractivity contribution in [3.05, 3.63) is 97.2 Å². The number of allylic oxidation sites excluding steroid dienone is 16. The Morgan fingerprint density at radius 2 is 0.703 bits per heavy atom. The highest BCUT2D eigenvalue weighted by Gasteiger charge is 2.17. The van der Waals surface area contributed by atoms with Crippen LogP contribution in [0.3, 0.4) is 0 Å². The van der Waals surface area contributed by atoms with Crippen molar-refractivity contribution in [2.24, 2.45) is 0 Å². The smallest absolute Gasteiger partial charge is 0.306 e. The fourth-order valence-corrected chi connectivity index (χ4v) is 7.20. The molecule has 1 atom stereocenters. The van der Waals surface area contributed by atoms with Gasteiger partial charge in [-0.2, -0.15) is 0 Å². The number of hydrogen-bond donors (Lipinski definition) is 0. The second-order valence-electron chi connectivity index (χ2n) is 17.4. The van der Waals surface area contributed by atoms with Gasteiger partial charge in [0.15, 0.2) is 6.10 Å². The Morgan fingerprint density at radius 3 is 1.14 bits per heavy atom. The van der Waals surface area contributed by atoms with Gasteiger partial charge in [0.25, 0.3) is 0 Å². The van der Waals surface area contributed by atoms with Crippen LogP contribution in [0.4, 0.5) is 0 Å². The molecule has 0 saturated carbocycles. The first-order chi connectivity index (χ1) is 31.6. The van der Waals surface area contributed by atoms with Crippen LogP contribution in [0, 0.1) is 0 Å². The fourth-order valence-electron chi connectivity index (χ4n) is 7.20. The molecule has 0 aromatic carbocycles. The quantitative estimate of drug-likeness (QED) is 0.0346. The molecule has 5 nitrogen and oxygen atoms in total. The Hall–Kier alpha value is -3.18. The van der Waals surface area contributed by atoms with Crippen LogP contribution in [0.15, 0.2) is 97.2 Å². The molecular formula is C59H100O5. The Labute approximate surface area is 396 Å². The molecule has 0 aromatic heterocycles. The first kappa shape index (κ1) is 60.8. The summed E-state index contributed by atoms with van der Waals surface area (Å²) >= 11 is 0. The van der Waals surface area contributed by atoms with Crippen molar-refractivity contribution in [2.45, 2.75) is 245 Å². The van der Waals surface area contributed by atoms with E-state index in [9.17, 15) is 9.59 Å². The predicted octanol–water partition coefficient (Wildman–Crippen LogP) is 18.2. The summed E-state index contributed by atoms with van der Waals surface area (Å²) in [5.74, 6) is -0.452. The third kappa shape index (κ3) is 51.5. The third-order valence-corrected chi connectivity index (χ3v) is 11.1. The van der Waals surface area contributed by atoms with Crippen molar-refractivity contribution >= 4 is 11.9 Å². The van der Waals surface area contributed by atoms with E-state index in [1.807, 2.05) is 0 Å². The molecule has 0 bridgehead atoms. The molecule has 0 fully saturated rings. The van der Waals surface area contributed by atoms with Gasteiger partial charge in [-0.3, -0.25) is 9.59 Å². The molecule has 0 N–H and O–H groups in total. The predicted molar refractivity (Wildman–Crippen MR) is 279 cm³/mol. The fraction of sp³-hybridized carbons (Fsp3) is 0.695. The maximum atomic E-state index is 12.8. The minimum Gasteiger partial charge on any atom is -0.462 e. The lowest BCUT2D eigenvalue weighted by Crippen LogP contribution is -2.30. The highest BCUT2D eigenvalue weighted by atomic mass is 16.6. The molecule has 0 aliphatic rings. The second-order valence-corrected chi connectivity index (χ2v) is 17.4. The van der Waals surface area contributed by atoms with Gasteiger partial charge in [-0.15, -0.1) is 0 Å². The zero-order valence-corrected chi connectivity index (χ0v) is 42.0. The summed E-state index contributed by atoms with van der Waals surface area (Å²) < 4.78 is 17.4. The minimum atomic E-state index is -0.562. The van der Waals surface area contributed by atoms with Gasteiger partial charge < -0.3 is 14.2 Å². The molecule has 0 aliphatic heterocycles. The molecule has 0 rings (SSSR count). The van der Waals surface area contributed by atoms with Gasteiger partial charge in [0, 0.05) is 19.4 Å². The number of esters is 2. The van der Waals surface area contributed by atoms with Gasteiger partial charge in [0.05, 0.1) is 6.61 Å². The molecule has 0 aliphatic carbocycles. The van der Waals surface area contributed by atoms with Crippen LogP contribution in [0.25, 0.3) is 0 Å². The molecule has 0 saturated heterocycles. The molecule has 0 amide bonds. The van der Waals surface area contributed by atoms with Crippen LogP contribution in [0.2, 0.25) is 0 Å². The monoisotopic (exact) mass is 889 g/mol. The number of rotatable bonds is 48. The van der Waals surface area contributed by atoms with E-state index in [2.05, 4.69) is 118 Å². The van der Waals surface area contributed by atoms with Crippen molar-refractivity contribution in [2.75, 3.05) is 19.8 Å². The van der Waals surface area contributed by atoms with Gasteiger partial charge in [0.1, 0.15) is 6.61 Å². The average molecular weight is 889 g/mol. The summed E-state index contributed by atoms with van der Waals surface area (Å²) in [5.41, 5.74) is 0. The normalized spacial score (nSPS) is 13.0. The van der Waals surface area contributed by atoms with Crippen LogP contribution in [-0.2, 0) is 23.8 Å². The average Bonchev–Trinajstić information content (AvgIpc) is 3.30. The SMILES string of the molecule is CC/C=C\C/C=C\C/C=C\C/C=C\C/C=C\CCCCCC(=O)OCC(COCCCCCCCCCCCCCCCC)OC(=O)CCCCCCC/C=C\C/C=C\C/C=C\CC. The van der Waals surface area contributed by atoms with Gasteiger partial charge in [-0.25, -0.2) is 0 Å². The number of carbonyl (C=O) groups is 2. The molecule has 64 heavy (non-hydrogen) atoms. The van der Waals surface area contributed by atoms with E-state index in [0.29, 0.717) is 19.4 Å². The number of ether oxygens (including phenoxy) is 3. The van der Waals surface area contributed by atoms with E-state index < -0.39 is 6.10 Å². The Morgan fingerprint density at radius 1 is 0.359 bits per heavy atom. The van der Waals surface area contributed by atoms with Gasteiger partial charge in [-0.05, 0) is 96.3 Å². The first-order valence-electron chi connectivity index (χ1n) is 26.8. The van der Waals surface area contributed by atoms with Crippen LogP contribution in [0.1, 0.15) is 239 Å². The summed E-state index contributed by atoms with van der Waals surface area (Å²) in [6.07, 6.45) is 72.7. The van der Waals surface area contributed by atoms with E-state index in [0.717, 1.165) is 116 Å².